The summed E-state index contributed by atoms with van der Waals surface area (Å²) in [6.45, 7) is 1.04. The number of nitrogens with zero attached hydrogens (tertiary/aromatic N) is 2. The van der Waals surface area contributed by atoms with E-state index in [-0.39, 0.29) is 22.6 Å². The maximum atomic E-state index is 11.9. The SMILES string of the molecule is Cc1ccc([N+](=O)[O-])cc1NC(=O)COC(=O)c1ccc([N+](=O)[O-])cc1. The molecular weight excluding hydrogens is 346 g/mol. The molecule has 134 valence electrons. The molecular formula is C16H13N3O7. The van der Waals surface area contributed by atoms with E-state index in [9.17, 15) is 29.8 Å². The molecule has 0 unspecified atom stereocenters. The Hall–Kier alpha value is -3.82. The van der Waals surface area contributed by atoms with E-state index in [1.807, 2.05) is 0 Å². The highest BCUT2D eigenvalue weighted by molar-refractivity contribution is 5.96. The fraction of sp³-hybridized carbons (Fsp3) is 0.125. The van der Waals surface area contributed by atoms with Gasteiger partial charge in [-0.3, -0.25) is 25.0 Å². The first kappa shape index (κ1) is 18.5. The molecule has 2 aromatic carbocycles. The molecule has 10 nitrogen and oxygen atoms in total. The molecule has 0 spiro atoms. The summed E-state index contributed by atoms with van der Waals surface area (Å²) < 4.78 is 4.83. The molecule has 0 heterocycles. The number of aryl methyl sites for hydroxylation is 1. The fourth-order valence-electron chi connectivity index (χ4n) is 1.98. The van der Waals surface area contributed by atoms with Gasteiger partial charge in [0, 0.05) is 24.3 Å². The third-order valence-electron chi connectivity index (χ3n) is 3.35. The van der Waals surface area contributed by atoms with E-state index in [0.29, 0.717) is 5.56 Å². The maximum Gasteiger partial charge on any atom is 0.338 e. The summed E-state index contributed by atoms with van der Waals surface area (Å²) in [6, 6.07) is 8.69. The third kappa shape index (κ3) is 4.60. The molecule has 2 rings (SSSR count). The van der Waals surface area contributed by atoms with Crippen LogP contribution < -0.4 is 5.32 Å². The van der Waals surface area contributed by atoms with E-state index in [1.54, 1.807) is 6.92 Å². The van der Waals surface area contributed by atoms with Gasteiger partial charge in [-0.2, -0.15) is 0 Å². The van der Waals surface area contributed by atoms with E-state index in [1.165, 1.54) is 30.3 Å². The third-order valence-corrected chi connectivity index (χ3v) is 3.35. The van der Waals surface area contributed by atoms with E-state index in [4.69, 9.17) is 4.74 Å². The number of hydrogen-bond acceptors (Lipinski definition) is 7. The first-order valence-corrected chi connectivity index (χ1v) is 7.24. The smallest absolute Gasteiger partial charge is 0.338 e. The molecule has 1 amide bonds. The van der Waals surface area contributed by atoms with Crippen molar-refractivity contribution in [1.29, 1.82) is 0 Å². The first-order valence-electron chi connectivity index (χ1n) is 7.24. The van der Waals surface area contributed by atoms with Gasteiger partial charge in [0.25, 0.3) is 17.3 Å². The maximum absolute atomic E-state index is 11.9. The zero-order valence-electron chi connectivity index (χ0n) is 13.5. The number of benzene rings is 2. The van der Waals surface area contributed by atoms with Crippen LogP contribution in [0.25, 0.3) is 0 Å². The zero-order valence-corrected chi connectivity index (χ0v) is 13.5. The lowest BCUT2D eigenvalue weighted by molar-refractivity contribution is -0.385. The summed E-state index contributed by atoms with van der Waals surface area (Å²) in [5.41, 5.74) is 0.519. The number of carbonyl (C=O) groups is 2. The minimum atomic E-state index is -0.828. The monoisotopic (exact) mass is 359 g/mol. The van der Waals surface area contributed by atoms with Gasteiger partial charge in [0.1, 0.15) is 0 Å². The topological polar surface area (TPSA) is 142 Å². The molecule has 26 heavy (non-hydrogen) atoms. The van der Waals surface area contributed by atoms with Crippen molar-refractivity contribution in [2.75, 3.05) is 11.9 Å². The highest BCUT2D eigenvalue weighted by atomic mass is 16.6. The molecule has 0 saturated heterocycles. The van der Waals surface area contributed by atoms with Gasteiger partial charge < -0.3 is 10.1 Å². The molecule has 0 aliphatic heterocycles. The van der Waals surface area contributed by atoms with Crippen LogP contribution >= 0.6 is 0 Å². The zero-order chi connectivity index (χ0) is 19.3. The summed E-state index contributed by atoms with van der Waals surface area (Å²) in [5, 5.41) is 23.8. The second-order valence-electron chi connectivity index (χ2n) is 5.18. The van der Waals surface area contributed by atoms with Crippen LogP contribution in [0.4, 0.5) is 17.1 Å². The second-order valence-corrected chi connectivity index (χ2v) is 5.18. The lowest BCUT2D eigenvalue weighted by Crippen LogP contribution is -2.21. The lowest BCUT2D eigenvalue weighted by Gasteiger charge is -2.09. The Bertz CT molecular complexity index is 878. The number of esters is 1. The lowest BCUT2D eigenvalue weighted by atomic mass is 10.2. The van der Waals surface area contributed by atoms with Crippen molar-refractivity contribution in [3.8, 4) is 0 Å². The Kier molecular flexibility index (Phi) is 5.58. The number of nitro benzene ring substituents is 2. The summed E-state index contributed by atoms with van der Waals surface area (Å²) in [4.78, 5) is 43.8. The van der Waals surface area contributed by atoms with Gasteiger partial charge in [0.15, 0.2) is 6.61 Å². The van der Waals surface area contributed by atoms with Crippen LogP contribution in [-0.2, 0) is 9.53 Å². The van der Waals surface area contributed by atoms with Crippen molar-refractivity contribution in [2.45, 2.75) is 6.92 Å². The molecule has 10 heteroatoms. The highest BCUT2D eigenvalue weighted by Gasteiger charge is 2.14. The molecule has 0 fully saturated rings. The molecule has 2 aromatic rings. The molecule has 0 bridgehead atoms. The van der Waals surface area contributed by atoms with Crippen LogP contribution in [0.5, 0.6) is 0 Å². The van der Waals surface area contributed by atoms with E-state index in [0.717, 1.165) is 12.1 Å². The van der Waals surface area contributed by atoms with E-state index in [2.05, 4.69) is 5.32 Å². The van der Waals surface area contributed by atoms with E-state index >= 15 is 0 Å². The number of carbonyl (C=O) groups excluding carboxylic acids is 2. The first-order chi connectivity index (χ1) is 12.3. The van der Waals surface area contributed by atoms with Crippen molar-refractivity contribution in [1.82, 2.24) is 0 Å². The van der Waals surface area contributed by atoms with Gasteiger partial charge in [-0.15, -0.1) is 0 Å². The van der Waals surface area contributed by atoms with Crippen molar-refractivity contribution < 1.29 is 24.2 Å². The summed E-state index contributed by atoms with van der Waals surface area (Å²) in [7, 11) is 0. The number of nitro groups is 2. The molecule has 0 atom stereocenters. The molecule has 1 N–H and O–H groups in total. The minimum absolute atomic E-state index is 0.0509. The van der Waals surface area contributed by atoms with Crippen LogP contribution in [0.1, 0.15) is 15.9 Å². The van der Waals surface area contributed by atoms with Crippen molar-refractivity contribution in [3.05, 3.63) is 73.8 Å². The van der Waals surface area contributed by atoms with Gasteiger partial charge in [-0.1, -0.05) is 6.07 Å². The van der Waals surface area contributed by atoms with E-state index < -0.39 is 28.3 Å². The normalized spacial score (nSPS) is 10.0. The Morgan fingerprint density at radius 1 is 1.00 bits per heavy atom. The largest absolute Gasteiger partial charge is 0.452 e. The van der Waals surface area contributed by atoms with Gasteiger partial charge in [-0.25, -0.2) is 4.79 Å². The predicted molar refractivity (Wildman–Crippen MR) is 89.8 cm³/mol. The summed E-state index contributed by atoms with van der Waals surface area (Å²) >= 11 is 0. The number of nitrogens with one attached hydrogen (secondary N) is 1. The van der Waals surface area contributed by atoms with Crippen LogP contribution in [0.2, 0.25) is 0 Å². The Morgan fingerprint density at radius 3 is 2.15 bits per heavy atom. The van der Waals surface area contributed by atoms with Crippen LogP contribution in [-0.4, -0.2) is 28.3 Å². The Labute approximate surface area is 146 Å². The van der Waals surface area contributed by atoms with Crippen LogP contribution in [0.3, 0.4) is 0 Å². The number of ether oxygens (including phenoxy) is 1. The number of non-ortho nitro benzene ring substituents is 2. The number of anilines is 1. The molecule has 0 aromatic heterocycles. The van der Waals surface area contributed by atoms with Crippen molar-refractivity contribution >= 4 is 28.9 Å². The number of rotatable bonds is 6. The van der Waals surface area contributed by atoms with Crippen molar-refractivity contribution in [3.63, 3.8) is 0 Å². The minimum Gasteiger partial charge on any atom is -0.452 e. The van der Waals surface area contributed by atoms with Gasteiger partial charge in [0.05, 0.1) is 21.1 Å². The second kappa shape index (κ2) is 7.83. The standard InChI is InChI=1S/C16H13N3O7/c1-10-2-5-13(19(24)25)8-14(10)17-15(20)9-26-16(21)11-3-6-12(7-4-11)18(22)23/h2-8H,9H2,1H3,(H,17,20). The van der Waals surface area contributed by atoms with Crippen LogP contribution in [0.15, 0.2) is 42.5 Å². The highest BCUT2D eigenvalue weighted by Crippen LogP contribution is 2.21. The van der Waals surface area contributed by atoms with Gasteiger partial charge in [0.2, 0.25) is 0 Å². The molecule has 0 aliphatic carbocycles. The number of hydrogen-bond donors (Lipinski definition) is 1. The predicted octanol–water partition coefficient (Wildman–Crippen LogP) is 2.61. The summed E-state index contributed by atoms with van der Waals surface area (Å²) in [5.74, 6) is -1.50. The van der Waals surface area contributed by atoms with Gasteiger partial charge in [-0.05, 0) is 24.6 Å². The Morgan fingerprint density at radius 2 is 1.58 bits per heavy atom. The fourth-order valence-corrected chi connectivity index (χ4v) is 1.98. The van der Waals surface area contributed by atoms with Crippen LogP contribution in [0, 0.1) is 27.2 Å². The average molecular weight is 359 g/mol. The Balaban J connectivity index is 1.96. The van der Waals surface area contributed by atoms with Crippen molar-refractivity contribution in [2.24, 2.45) is 0 Å². The number of amides is 1. The van der Waals surface area contributed by atoms with Gasteiger partial charge >= 0.3 is 5.97 Å². The molecule has 0 radical (unpaired) electrons. The quantitative estimate of drug-likeness (QED) is 0.474. The summed E-state index contributed by atoms with van der Waals surface area (Å²) in [6.07, 6.45) is 0. The molecule has 0 aliphatic rings. The molecule has 0 saturated carbocycles. The average Bonchev–Trinajstić information content (AvgIpc) is 2.61.